The molecule has 3 nitrogen and oxygen atoms in total. The molecule has 0 aliphatic heterocycles. The van der Waals surface area contributed by atoms with Crippen LogP contribution in [0.15, 0.2) is 28.9 Å². The first-order valence-corrected chi connectivity index (χ1v) is 8.01. The molecule has 2 heterocycles. The van der Waals surface area contributed by atoms with Crippen molar-refractivity contribution in [3.05, 3.63) is 45.0 Å². The first-order chi connectivity index (χ1) is 9.72. The number of furan rings is 1. The van der Waals surface area contributed by atoms with Crippen LogP contribution in [-0.2, 0) is 17.6 Å². The number of thiophene rings is 1. The normalized spacial score (nSPS) is 17.8. The fraction of sp³-hybridized carbons (Fsp3) is 0.400. The van der Waals surface area contributed by atoms with Gasteiger partial charge in [0.15, 0.2) is 0 Å². The van der Waals surface area contributed by atoms with Gasteiger partial charge in [-0.25, -0.2) is 0 Å². The van der Waals surface area contributed by atoms with Crippen LogP contribution in [0.25, 0.3) is 0 Å². The number of hydrogen-bond acceptors (Lipinski definition) is 3. The van der Waals surface area contributed by atoms with Gasteiger partial charge in [0.25, 0.3) is 0 Å². The number of aryl methyl sites for hydroxylation is 2. The maximum atomic E-state index is 12.1. The maximum Gasteiger partial charge on any atom is 0.220 e. The summed E-state index contributed by atoms with van der Waals surface area (Å²) in [5.74, 6) is 1.11. The molecule has 1 aliphatic rings. The predicted octanol–water partition coefficient (Wildman–Crippen LogP) is 4.12. The average molecular weight is 310 g/mol. The molecule has 1 N–H and O–H groups in total. The number of hydrogen-bond donors (Lipinski definition) is 1. The van der Waals surface area contributed by atoms with E-state index in [0.29, 0.717) is 6.42 Å². The molecule has 1 amide bonds. The number of nitrogens with one attached hydrogen (secondary N) is 1. The summed E-state index contributed by atoms with van der Waals surface area (Å²) >= 11 is 7.42. The van der Waals surface area contributed by atoms with Crippen LogP contribution in [0.5, 0.6) is 0 Å². The van der Waals surface area contributed by atoms with Crippen LogP contribution in [0.4, 0.5) is 0 Å². The molecule has 1 aliphatic carbocycles. The minimum atomic E-state index is 0.0913. The summed E-state index contributed by atoms with van der Waals surface area (Å²) in [7, 11) is 0. The standard InChI is InChI=1S/C15H16ClNO2S/c16-14-6-4-10(20-14)5-7-15(18)17-12-2-1-3-13-11(12)8-9-19-13/h4,6,8-9,12H,1-3,5,7H2,(H,17,18). The third kappa shape index (κ3) is 3.07. The molecule has 0 saturated heterocycles. The quantitative estimate of drug-likeness (QED) is 0.923. The highest BCUT2D eigenvalue weighted by molar-refractivity contribution is 7.16. The summed E-state index contributed by atoms with van der Waals surface area (Å²) in [5, 5.41) is 3.11. The molecule has 5 heteroatoms. The Bertz CT molecular complexity index is 605. The lowest BCUT2D eigenvalue weighted by Crippen LogP contribution is -2.30. The third-order valence-corrected chi connectivity index (χ3v) is 4.91. The minimum Gasteiger partial charge on any atom is -0.469 e. The SMILES string of the molecule is O=C(CCc1ccc(Cl)s1)NC1CCCc2occc21. The van der Waals surface area contributed by atoms with E-state index in [4.69, 9.17) is 16.0 Å². The highest BCUT2D eigenvalue weighted by atomic mass is 35.5. The summed E-state index contributed by atoms with van der Waals surface area (Å²) in [6.45, 7) is 0. The van der Waals surface area contributed by atoms with Crippen LogP contribution in [0.3, 0.4) is 0 Å². The molecule has 1 atom stereocenters. The molecule has 2 aromatic rings. The van der Waals surface area contributed by atoms with Gasteiger partial charge in [-0.1, -0.05) is 11.6 Å². The Labute approximate surface area is 126 Å². The van der Waals surface area contributed by atoms with Gasteiger partial charge in [-0.05, 0) is 37.5 Å². The molecule has 0 saturated carbocycles. The van der Waals surface area contributed by atoms with Crippen molar-refractivity contribution in [2.75, 3.05) is 0 Å². The molecule has 0 radical (unpaired) electrons. The van der Waals surface area contributed by atoms with Crippen LogP contribution < -0.4 is 5.32 Å². The lowest BCUT2D eigenvalue weighted by atomic mass is 9.93. The fourth-order valence-corrected chi connectivity index (χ4v) is 3.71. The van der Waals surface area contributed by atoms with Gasteiger partial charge in [0.05, 0.1) is 16.6 Å². The smallest absolute Gasteiger partial charge is 0.220 e. The van der Waals surface area contributed by atoms with Gasteiger partial charge in [-0.15, -0.1) is 11.3 Å². The van der Waals surface area contributed by atoms with E-state index in [1.165, 1.54) is 11.3 Å². The van der Waals surface area contributed by atoms with Crippen LogP contribution in [0.1, 0.15) is 41.5 Å². The lowest BCUT2D eigenvalue weighted by molar-refractivity contribution is -0.121. The molecule has 106 valence electrons. The van der Waals surface area contributed by atoms with Crippen LogP contribution in [-0.4, -0.2) is 5.91 Å². The number of fused-ring (bicyclic) bond motifs is 1. The molecular weight excluding hydrogens is 294 g/mol. The Kier molecular flexibility index (Phi) is 4.13. The van der Waals surface area contributed by atoms with E-state index in [1.54, 1.807) is 6.26 Å². The van der Waals surface area contributed by atoms with Crippen molar-refractivity contribution >= 4 is 28.8 Å². The van der Waals surface area contributed by atoms with E-state index in [2.05, 4.69) is 5.32 Å². The topological polar surface area (TPSA) is 42.2 Å². The maximum absolute atomic E-state index is 12.1. The summed E-state index contributed by atoms with van der Waals surface area (Å²) in [4.78, 5) is 13.2. The molecule has 2 aromatic heterocycles. The van der Waals surface area contributed by atoms with E-state index in [1.807, 2.05) is 18.2 Å². The van der Waals surface area contributed by atoms with Crippen molar-refractivity contribution in [1.82, 2.24) is 5.32 Å². The van der Waals surface area contributed by atoms with Gasteiger partial charge >= 0.3 is 0 Å². The molecule has 0 aromatic carbocycles. The van der Waals surface area contributed by atoms with Crippen LogP contribution in [0.2, 0.25) is 4.34 Å². The third-order valence-electron chi connectivity index (χ3n) is 3.61. The highest BCUT2D eigenvalue weighted by Gasteiger charge is 2.23. The monoisotopic (exact) mass is 309 g/mol. The van der Waals surface area contributed by atoms with Gasteiger partial charge in [0, 0.05) is 23.3 Å². The van der Waals surface area contributed by atoms with Crippen molar-refractivity contribution < 1.29 is 9.21 Å². The zero-order chi connectivity index (χ0) is 13.9. The predicted molar refractivity (Wildman–Crippen MR) is 80.2 cm³/mol. The summed E-state index contributed by atoms with van der Waals surface area (Å²) in [5.41, 5.74) is 1.14. The zero-order valence-electron chi connectivity index (χ0n) is 11.0. The first kappa shape index (κ1) is 13.7. The number of rotatable bonds is 4. The highest BCUT2D eigenvalue weighted by Crippen LogP contribution is 2.30. The Balaban J connectivity index is 1.55. The van der Waals surface area contributed by atoms with Crippen molar-refractivity contribution in [3.8, 4) is 0 Å². The van der Waals surface area contributed by atoms with Crippen molar-refractivity contribution in [2.45, 2.75) is 38.1 Å². The van der Waals surface area contributed by atoms with Gasteiger partial charge in [0.2, 0.25) is 5.91 Å². The number of carbonyl (C=O) groups excluding carboxylic acids is 1. The molecular formula is C15H16ClNO2S. The Morgan fingerprint density at radius 3 is 3.15 bits per heavy atom. The van der Waals surface area contributed by atoms with E-state index < -0.39 is 0 Å². The van der Waals surface area contributed by atoms with Gasteiger partial charge in [0.1, 0.15) is 5.76 Å². The van der Waals surface area contributed by atoms with E-state index in [-0.39, 0.29) is 11.9 Å². The molecule has 0 fully saturated rings. The largest absolute Gasteiger partial charge is 0.469 e. The second-order valence-corrected chi connectivity index (χ2v) is 6.82. The van der Waals surface area contributed by atoms with E-state index in [0.717, 1.165) is 46.2 Å². The number of carbonyl (C=O) groups is 1. The average Bonchev–Trinajstić information content (AvgIpc) is 3.05. The van der Waals surface area contributed by atoms with E-state index >= 15 is 0 Å². The van der Waals surface area contributed by atoms with Crippen molar-refractivity contribution in [3.63, 3.8) is 0 Å². The Hall–Kier alpha value is -1.26. The first-order valence-electron chi connectivity index (χ1n) is 6.82. The molecule has 20 heavy (non-hydrogen) atoms. The zero-order valence-corrected chi connectivity index (χ0v) is 12.6. The molecule has 0 spiro atoms. The second-order valence-electron chi connectivity index (χ2n) is 5.02. The van der Waals surface area contributed by atoms with E-state index in [9.17, 15) is 4.79 Å². The van der Waals surface area contributed by atoms with Gasteiger partial charge in [-0.3, -0.25) is 4.79 Å². The molecule has 3 rings (SSSR count). The summed E-state index contributed by atoms with van der Waals surface area (Å²) in [6.07, 6.45) is 5.98. The van der Waals surface area contributed by atoms with Crippen LogP contribution in [0, 0.1) is 0 Å². The van der Waals surface area contributed by atoms with Crippen LogP contribution >= 0.6 is 22.9 Å². The minimum absolute atomic E-state index is 0.0913. The fourth-order valence-electron chi connectivity index (χ4n) is 2.63. The number of amides is 1. The summed E-state index contributed by atoms with van der Waals surface area (Å²) in [6, 6.07) is 5.93. The second kappa shape index (κ2) is 6.02. The van der Waals surface area contributed by atoms with Gasteiger partial charge < -0.3 is 9.73 Å². The Morgan fingerprint density at radius 1 is 1.45 bits per heavy atom. The van der Waals surface area contributed by atoms with Crippen molar-refractivity contribution in [2.24, 2.45) is 0 Å². The lowest BCUT2D eigenvalue weighted by Gasteiger charge is -2.22. The molecule has 0 bridgehead atoms. The molecule has 1 unspecified atom stereocenters. The summed E-state index contributed by atoms with van der Waals surface area (Å²) < 4.78 is 6.21. The Morgan fingerprint density at radius 2 is 2.35 bits per heavy atom. The van der Waals surface area contributed by atoms with Crippen molar-refractivity contribution in [1.29, 1.82) is 0 Å². The van der Waals surface area contributed by atoms with Gasteiger partial charge in [-0.2, -0.15) is 0 Å². The number of halogens is 1.